The van der Waals surface area contributed by atoms with Gasteiger partial charge in [0, 0.05) is 13.1 Å². The Morgan fingerprint density at radius 3 is 2.92 bits per heavy atom. The van der Waals surface area contributed by atoms with Crippen LogP contribution in [-0.4, -0.2) is 21.0 Å². The Hall–Kier alpha value is -1.85. The molecule has 12 heavy (non-hydrogen) atoms. The van der Waals surface area contributed by atoms with E-state index in [2.05, 4.69) is 9.84 Å². The van der Waals surface area contributed by atoms with Crippen LogP contribution >= 0.6 is 0 Å². The Labute approximate surface area is 67.0 Å². The topological polar surface area (TPSA) is 81.4 Å². The predicted octanol–water partition coefficient (Wildman–Crippen LogP) is -0.163. The van der Waals surface area contributed by atoms with Gasteiger partial charge in [-0.25, -0.2) is 9.48 Å². The maximum Gasteiger partial charge on any atom is 0.511 e. The average molecular weight is 170 g/mol. The summed E-state index contributed by atoms with van der Waals surface area (Å²) in [6, 6.07) is 1.04. The fourth-order valence-corrected chi connectivity index (χ4v) is 0.609. The summed E-state index contributed by atoms with van der Waals surface area (Å²) >= 11 is 0. The molecule has 0 aliphatic carbocycles. The Kier molecular flexibility index (Phi) is 2.09. The van der Waals surface area contributed by atoms with Crippen molar-refractivity contribution in [1.29, 1.82) is 0 Å². The second-order valence-corrected chi connectivity index (χ2v) is 2.02. The lowest BCUT2D eigenvalue weighted by Gasteiger charge is -1.98. The van der Waals surface area contributed by atoms with Gasteiger partial charge in [0.1, 0.15) is 0 Å². The molecule has 6 heteroatoms. The van der Waals surface area contributed by atoms with Crippen LogP contribution in [0.2, 0.25) is 0 Å². The molecule has 0 radical (unpaired) electrons. The van der Waals surface area contributed by atoms with E-state index in [9.17, 15) is 9.59 Å². The molecule has 0 aliphatic rings. The molecule has 0 aromatic carbocycles. The maximum atomic E-state index is 10.8. The van der Waals surface area contributed by atoms with Gasteiger partial charge in [-0.3, -0.25) is 4.79 Å². The molecule has 0 saturated heterocycles. The third kappa shape index (κ3) is 1.82. The summed E-state index contributed by atoms with van der Waals surface area (Å²) in [5, 5.41) is 11.7. The van der Waals surface area contributed by atoms with Gasteiger partial charge < -0.3 is 9.84 Å². The molecule has 1 N–H and O–H groups in total. The first-order valence-electron chi connectivity index (χ1n) is 3.04. The molecule has 1 aromatic heterocycles. The maximum absolute atomic E-state index is 10.8. The molecule has 1 heterocycles. The summed E-state index contributed by atoms with van der Waals surface area (Å²) in [4.78, 5) is 20.9. The van der Waals surface area contributed by atoms with Crippen molar-refractivity contribution < 1.29 is 14.6 Å². The van der Waals surface area contributed by atoms with E-state index in [1.54, 1.807) is 0 Å². The van der Waals surface area contributed by atoms with Crippen molar-refractivity contribution >= 4 is 6.16 Å². The lowest BCUT2D eigenvalue weighted by atomic mass is 10.5. The van der Waals surface area contributed by atoms with Crippen molar-refractivity contribution in [2.24, 2.45) is 7.05 Å². The van der Waals surface area contributed by atoms with Gasteiger partial charge in [0.2, 0.25) is 0 Å². The Bertz CT molecular complexity index is 357. The van der Waals surface area contributed by atoms with Gasteiger partial charge in [-0.1, -0.05) is 0 Å². The van der Waals surface area contributed by atoms with E-state index >= 15 is 0 Å². The third-order valence-corrected chi connectivity index (χ3v) is 1.15. The Balaban J connectivity index is 2.97. The monoisotopic (exact) mass is 170 g/mol. The average Bonchev–Trinajstić information content (AvgIpc) is 1.96. The zero-order chi connectivity index (χ0) is 9.14. The number of hydrogen-bond acceptors (Lipinski definition) is 4. The van der Waals surface area contributed by atoms with Crippen LogP contribution < -0.4 is 10.3 Å². The van der Waals surface area contributed by atoms with E-state index in [0.717, 1.165) is 16.9 Å². The second-order valence-electron chi connectivity index (χ2n) is 2.02. The van der Waals surface area contributed by atoms with Gasteiger partial charge in [0.05, 0.1) is 6.20 Å². The zero-order valence-electron chi connectivity index (χ0n) is 6.22. The minimum atomic E-state index is -1.47. The first-order valence-corrected chi connectivity index (χ1v) is 3.04. The quantitative estimate of drug-likeness (QED) is 0.592. The van der Waals surface area contributed by atoms with Gasteiger partial charge >= 0.3 is 6.16 Å². The molecule has 0 bridgehead atoms. The second kappa shape index (κ2) is 3.04. The van der Waals surface area contributed by atoms with Crippen molar-refractivity contribution in [1.82, 2.24) is 9.78 Å². The van der Waals surface area contributed by atoms with Gasteiger partial charge in [0.25, 0.3) is 5.56 Å². The highest BCUT2D eigenvalue weighted by atomic mass is 16.7. The van der Waals surface area contributed by atoms with Gasteiger partial charge in [-0.15, -0.1) is 0 Å². The zero-order valence-corrected chi connectivity index (χ0v) is 6.22. The summed E-state index contributed by atoms with van der Waals surface area (Å²) in [7, 11) is 1.45. The fraction of sp³-hybridized carbons (Fsp3) is 0.167. The van der Waals surface area contributed by atoms with Gasteiger partial charge in [-0.2, -0.15) is 5.10 Å². The molecule has 1 rings (SSSR count). The number of hydrogen-bond donors (Lipinski definition) is 1. The number of carboxylic acid groups (broad SMARTS) is 1. The number of rotatable bonds is 1. The fourth-order valence-electron chi connectivity index (χ4n) is 0.609. The molecule has 0 amide bonds. The number of ether oxygens (including phenoxy) is 1. The lowest BCUT2D eigenvalue weighted by Crippen LogP contribution is -2.18. The molecule has 0 unspecified atom stereocenters. The smallest absolute Gasteiger partial charge is 0.449 e. The van der Waals surface area contributed by atoms with Crippen LogP contribution in [0.1, 0.15) is 0 Å². The van der Waals surface area contributed by atoms with Gasteiger partial charge in [0.15, 0.2) is 5.75 Å². The molecule has 0 atom stereocenters. The summed E-state index contributed by atoms with van der Waals surface area (Å²) < 4.78 is 5.26. The summed E-state index contributed by atoms with van der Waals surface area (Å²) in [5.74, 6) is -0.0781. The molecule has 0 saturated carbocycles. The SMILES string of the molecule is Cn1ncc(OC(=O)O)cc1=O. The Morgan fingerprint density at radius 1 is 1.75 bits per heavy atom. The molecule has 1 aromatic rings. The number of aryl methyl sites for hydroxylation is 1. The van der Waals surface area contributed by atoms with Crippen LogP contribution in [0.3, 0.4) is 0 Å². The first-order chi connectivity index (χ1) is 5.59. The highest BCUT2D eigenvalue weighted by Gasteiger charge is 2.01. The minimum absolute atomic E-state index is 0.0781. The largest absolute Gasteiger partial charge is 0.511 e. The molecule has 64 valence electrons. The minimum Gasteiger partial charge on any atom is -0.449 e. The van der Waals surface area contributed by atoms with E-state index in [1.165, 1.54) is 7.05 Å². The van der Waals surface area contributed by atoms with E-state index in [-0.39, 0.29) is 5.75 Å². The summed E-state index contributed by atoms with van der Waals surface area (Å²) in [5.41, 5.74) is -0.422. The van der Waals surface area contributed by atoms with Crippen molar-refractivity contribution in [3.63, 3.8) is 0 Å². The van der Waals surface area contributed by atoms with Crippen molar-refractivity contribution in [2.45, 2.75) is 0 Å². The number of carbonyl (C=O) groups is 1. The van der Waals surface area contributed by atoms with Crippen LogP contribution in [0, 0.1) is 0 Å². The Morgan fingerprint density at radius 2 is 2.42 bits per heavy atom. The van der Waals surface area contributed by atoms with Crippen molar-refractivity contribution in [3.8, 4) is 5.75 Å². The normalized spacial score (nSPS) is 9.42. The number of nitrogens with zero attached hydrogens (tertiary/aromatic N) is 2. The third-order valence-electron chi connectivity index (χ3n) is 1.15. The highest BCUT2D eigenvalue weighted by molar-refractivity contribution is 5.60. The summed E-state index contributed by atoms with van der Waals surface area (Å²) in [6.45, 7) is 0. The van der Waals surface area contributed by atoms with Crippen LogP contribution in [0.15, 0.2) is 17.1 Å². The van der Waals surface area contributed by atoms with Crippen LogP contribution in [0.5, 0.6) is 5.75 Å². The first kappa shape index (κ1) is 8.25. The van der Waals surface area contributed by atoms with Crippen LogP contribution in [0.25, 0.3) is 0 Å². The molecule has 0 aliphatic heterocycles. The van der Waals surface area contributed by atoms with Crippen LogP contribution in [-0.2, 0) is 7.05 Å². The van der Waals surface area contributed by atoms with Gasteiger partial charge in [-0.05, 0) is 0 Å². The van der Waals surface area contributed by atoms with E-state index < -0.39 is 11.7 Å². The predicted molar refractivity (Wildman–Crippen MR) is 38.1 cm³/mol. The van der Waals surface area contributed by atoms with E-state index in [0.29, 0.717) is 0 Å². The molecule has 0 spiro atoms. The molecular formula is C6H6N2O4. The molecule has 0 fully saturated rings. The summed E-state index contributed by atoms with van der Waals surface area (Å²) in [6.07, 6.45) is -0.319. The lowest BCUT2D eigenvalue weighted by molar-refractivity contribution is 0.144. The van der Waals surface area contributed by atoms with Crippen LogP contribution in [0.4, 0.5) is 4.79 Å². The molecule has 6 nitrogen and oxygen atoms in total. The van der Waals surface area contributed by atoms with Crippen molar-refractivity contribution in [3.05, 3.63) is 22.6 Å². The van der Waals surface area contributed by atoms with E-state index in [1.807, 2.05) is 0 Å². The van der Waals surface area contributed by atoms with Crippen molar-refractivity contribution in [2.75, 3.05) is 0 Å². The molecular weight excluding hydrogens is 164 g/mol. The standard InChI is InChI=1S/C6H6N2O4/c1-8-5(9)2-4(3-7-8)12-6(10)11/h2-3H,1H3,(H,10,11). The highest BCUT2D eigenvalue weighted by Crippen LogP contribution is 2.02. The number of aromatic nitrogens is 2. The van der Waals surface area contributed by atoms with E-state index in [4.69, 9.17) is 5.11 Å².